The molecular weight excluding hydrogens is 288 g/mol. The van der Waals surface area contributed by atoms with Crippen molar-refractivity contribution in [3.05, 3.63) is 85.2 Å². The monoisotopic (exact) mass is 302 g/mol. The van der Waals surface area contributed by atoms with Crippen LogP contribution in [0.3, 0.4) is 0 Å². The topological polar surface area (TPSA) is 52.5 Å². The molecule has 112 valence electrons. The average molecular weight is 302 g/mol. The fourth-order valence-corrected chi connectivity index (χ4v) is 2.65. The minimum Gasteiger partial charge on any atom is -0.312 e. The van der Waals surface area contributed by atoms with E-state index >= 15 is 0 Å². The van der Waals surface area contributed by atoms with E-state index in [1.165, 1.54) is 0 Å². The lowest BCUT2D eigenvalue weighted by Crippen LogP contribution is -2.23. The second kappa shape index (κ2) is 5.55. The average Bonchev–Trinajstić information content (AvgIpc) is 2.62. The van der Waals surface area contributed by atoms with Crippen molar-refractivity contribution in [1.82, 2.24) is 15.0 Å². The zero-order valence-electron chi connectivity index (χ0n) is 12.2. The van der Waals surface area contributed by atoms with Gasteiger partial charge in [-0.25, -0.2) is 5.06 Å². The summed E-state index contributed by atoms with van der Waals surface area (Å²) in [5.41, 5.74) is 3.46. The second-order valence-electron chi connectivity index (χ2n) is 5.12. The van der Waals surface area contributed by atoms with Gasteiger partial charge >= 0.3 is 0 Å². The Bertz CT molecular complexity index is 900. The number of anilines is 1. The number of fused-ring (bicyclic) bond motifs is 1. The molecule has 5 nitrogen and oxygen atoms in total. The first kappa shape index (κ1) is 13.5. The van der Waals surface area contributed by atoms with E-state index in [0.29, 0.717) is 0 Å². The Hall–Kier alpha value is -3.18. The van der Waals surface area contributed by atoms with Crippen LogP contribution in [0.4, 0.5) is 5.69 Å². The lowest BCUT2D eigenvalue weighted by Gasteiger charge is -2.29. The summed E-state index contributed by atoms with van der Waals surface area (Å²) in [6, 6.07) is 15.6. The summed E-state index contributed by atoms with van der Waals surface area (Å²) in [6.45, 7) is 0. The zero-order valence-corrected chi connectivity index (χ0v) is 12.2. The van der Waals surface area contributed by atoms with Gasteiger partial charge in [-0.2, -0.15) is 0 Å². The van der Waals surface area contributed by atoms with Crippen LogP contribution in [0.2, 0.25) is 0 Å². The first-order valence-corrected chi connectivity index (χ1v) is 7.25. The molecule has 0 unspecified atom stereocenters. The van der Waals surface area contributed by atoms with Gasteiger partial charge in [-0.3, -0.25) is 15.2 Å². The minimum atomic E-state index is 0.775. The summed E-state index contributed by atoms with van der Waals surface area (Å²) >= 11 is 0. The Balaban J connectivity index is 1.89. The van der Waals surface area contributed by atoms with Crippen LogP contribution in [0, 0.1) is 0 Å². The van der Waals surface area contributed by atoms with Gasteiger partial charge in [-0.1, -0.05) is 24.3 Å². The molecule has 0 saturated carbocycles. The molecule has 1 aliphatic rings. The first-order valence-electron chi connectivity index (χ1n) is 7.25. The molecule has 0 radical (unpaired) electrons. The van der Waals surface area contributed by atoms with Crippen molar-refractivity contribution in [2.75, 3.05) is 4.90 Å². The van der Waals surface area contributed by atoms with Crippen molar-refractivity contribution in [2.45, 2.75) is 0 Å². The molecule has 0 saturated heterocycles. The molecule has 0 amide bonds. The molecule has 3 heterocycles. The van der Waals surface area contributed by atoms with Gasteiger partial charge in [-0.15, -0.1) is 0 Å². The third-order valence-electron chi connectivity index (χ3n) is 3.70. The SMILES string of the molecule is ON1C=CN(c2ccnc3ccccc23)C(c2ccccn2)=C1. The maximum atomic E-state index is 9.82. The lowest BCUT2D eigenvalue weighted by molar-refractivity contribution is 0.0106. The van der Waals surface area contributed by atoms with Crippen molar-refractivity contribution >= 4 is 22.3 Å². The number of hydrogen-bond acceptors (Lipinski definition) is 5. The molecule has 1 aromatic carbocycles. The maximum absolute atomic E-state index is 9.82. The summed E-state index contributed by atoms with van der Waals surface area (Å²) in [5.74, 6) is 0. The number of hydrogen-bond donors (Lipinski definition) is 1. The molecule has 4 rings (SSSR count). The van der Waals surface area contributed by atoms with Crippen LogP contribution in [-0.4, -0.2) is 20.2 Å². The van der Waals surface area contributed by atoms with E-state index in [0.717, 1.165) is 33.0 Å². The van der Waals surface area contributed by atoms with Gasteiger partial charge in [0.2, 0.25) is 0 Å². The minimum absolute atomic E-state index is 0.775. The molecule has 0 aliphatic carbocycles. The zero-order chi connectivity index (χ0) is 15.6. The van der Waals surface area contributed by atoms with Crippen LogP contribution in [0.1, 0.15) is 5.69 Å². The van der Waals surface area contributed by atoms with E-state index in [-0.39, 0.29) is 0 Å². The largest absolute Gasteiger partial charge is 0.312 e. The molecule has 0 fully saturated rings. The van der Waals surface area contributed by atoms with E-state index in [1.54, 1.807) is 24.8 Å². The maximum Gasteiger partial charge on any atom is 0.0904 e. The quantitative estimate of drug-likeness (QED) is 0.783. The lowest BCUT2D eigenvalue weighted by atomic mass is 10.1. The van der Waals surface area contributed by atoms with E-state index < -0.39 is 0 Å². The van der Waals surface area contributed by atoms with E-state index in [9.17, 15) is 5.21 Å². The molecule has 3 aromatic rings. The predicted molar refractivity (Wildman–Crippen MR) is 89.2 cm³/mol. The Morgan fingerprint density at radius 3 is 2.57 bits per heavy atom. The van der Waals surface area contributed by atoms with Gasteiger partial charge < -0.3 is 4.90 Å². The molecule has 1 N–H and O–H groups in total. The number of rotatable bonds is 2. The highest BCUT2D eigenvalue weighted by Gasteiger charge is 2.19. The highest BCUT2D eigenvalue weighted by atomic mass is 16.5. The first-order chi connectivity index (χ1) is 11.3. The number of benzene rings is 1. The number of hydroxylamine groups is 2. The highest BCUT2D eigenvalue weighted by Crippen LogP contribution is 2.33. The molecule has 0 atom stereocenters. The molecule has 0 spiro atoms. The number of para-hydroxylation sites is 1. The molecular formula is C18H14N4O. The van der Waals surface area contributed by atoms with Crippen LogP contribution in [0.15, 0.2) is 79.5 Å². The van der Waals surface area contributed by atoms with Crippen molar-refractivity contribution in [3.63, 3.8) is 0 Å². The Morgan fingerprint density at radius 2 is 1.70 bits per heavy atom. The normalized spacial score (nSPS) is 14.2. The second-order valence-corrected chi connectivity index (χ2v) is 5.12. The van der Waals surface area contributed by atoms with Gasteiger partial charge in [-0.05, 0) is 24.3 Å². The van der Waals surface area contributed by atoms with Gasteiger partial charge in [0.05, 0.1) is 28.8 Å². The summed E-state index contributed by atoms with van der Waals surface area (Å²) in [7, 11) is 0. The third kappa shape index (κ3) is 2.43. The standard InChI is InChI=1S/C18H14N4O/c23-21-11-12-22(18(13-21)16-7-3-4-9-19-16)17-8-10-20-15-6-2-1-5-14(15)17/h1-13,23H. The van der Waals surface area contributed by atoms with Gasteiger partial charge in [0, 0.05) is 30.2 Å². The Kier molecular flexibility index (Phi) is 3.25. The molecule has 2 aromatic heterocycles. The van der Waals surface area contributed by atoms with Crippen LogP contribution < -0.4 is 4.90 Å². The van der Waals surface area contributed by atoms with E-state index in [2.05, 4.69) is 9.97 Å². The van der Waals surface area contributed by atoms with Crippen LogP contribution >= 0.6 is 0 Å². The van der Waals surface area contributed by atoms with Crippen LogP contribution in [0.5, 0.6) is 0 Å². The van der Waals surface area contributed by atoms with Crippen molar-refractivity contribution < 1.29 is 5.21 Å². The number of pyridine rings is 2. The Morgan fingerprint density at radius 1 is 0.826 bits per heavy atom. The van der Waals surface area contributed by atoms with Crippen LogP contribution in [0.25, 0.3) is 16.6 Å². The highest BCUT2D eigenvalue weighted by molar-refractivity contribution is 5.97. The fraction of sp³-hybridized carbons (Fsp3) is 0. The summed E-state index contributed by atoms with van der Waals surface area (Å²) in [6.07, 6.45) is 8.55. The van der Waals surface area contributed by atoms with Gasteiger partial charge in [0.15, 0.2) is 0 Å². The van der Waals surface area contributed by atoms with Crippen molar-refractivity contribution in [3.8, 4) is 0 Å². The molecule has 1 aliphatic heterocycles. The predicted octanol–water partition coefficient (Wildman–Crippen LogP) is 3.61. The van der Waals surface area contributed by atoms with E-state index in [1.807, 2.05) is 59.6 Å². The molecule has 23 heavy (non-hydrogen) atoms. The third-order valence-corrected chi connectivity index (χ3v) is 3.70. The van der Waals surface area contributed by atoms with Gasteiger partial charge in [0.25, 0.3) is 0 Å². The Labute approximate surface area is 133 Å². The van der Waals surface area contributed by atoms with E-state index in [4.69, 9.17) is 0 Å². The molecule has 0 bridgehead atoms. The fourth-order valence-electron chi connectivity index (χ4n) is 2.65. The van der Waals surface area contributed by atoms with Gasteiger partial charge in [0.1, 0.15) is 0 Å². The van der Waals surface area contributed by atoms with Crippen LogP contribution in [-0.2, 0) is 0 Å². The number of nitrogens with zero attached hydrogens (tertiary/aromatic N) is 4. The molecule has 5 heteroatoms. The van der Waals surface area contributed by atoms with Crippen molar-refractivity contribution in [1.29, 1.82) is 0 Å². The summed E-state index contributed by atoms with van der Waals surface area (Å²) < 4.78 is 0. The number of aromatic nitrogens is 2. The summed E-state index contributed by atoms with van der Waals surface area (Å²) in [4.78, 5) is 10.8. The smallest absolute Gasteiger partial charge is 0.0904 e. The summed E-state index contributed by atoms with van der Waals surface area (Å²) in [5, 5.41) is 11.9. The van der Waals surface area contributed by atoms with Crippen molar-refractivity contribution in [2.24, 2.45) is 0 Å².